The van der Waals surface area contributed by atoms with Crippen LogP contribution in [0.3, 0.4) is 0 Å². The van der Waals surface area contributed by atoms with Gasteiger partial charge in [0.05, 0.1) is 5.69 Å². The molecular formula is C22H22N4O2. The van der Waals surface area contributed by atoms with Gasteiger partial charge in [-0.25, -0.2) is 4.98 Å². The van der Waals surface area contributed by atoms with E-state index >= 15 is 0 Å². The number of piperidine rings is 1. The van der Waals surface area contributed by atoms with Gasteiger partial charge >= 0.3 is 0 Å². The maximum Gasteiger partial charge on any atom is 0.258 e. The minimum atomic E-state index is -0.0951. The van der Waals surface area contributed by atoms with Gasteiger partial charge in [0.15, 0.2) is 11.3 Å². The first-order valence-corrected chi connectivity index (χ1v) is 9.71. The van der Waals surface area contributed by atoms with Crippen molar-refractivity contribution in [2.45, 2.75) is 32.6 Å². The topological polar surface area (TPSA) is 72.4 Å². The molecule has 0 aromatic carbocycles. The Balaban J connectivity index is 1.60. The molecule has 6 nitrogen and oxygen atoms in total. The van der Waals surface area contributed by atoms with E-state index in [-0.39, 0.29) is 5.56 Å². The van der Waals surface area contributed by atoms with Crippen molar-refractivity contribution in [3.05, 3.63) is 63.8 Å². The summed E-state index contributed by atoms with van der Waals surface area (Å²) in [5.74, 6) is 1.08. The lowest BCUT2D eigenvalue weighted by Gasteiger charge is -2.23. The third kappa shape index (κ3) is 2.90. The second kappa shape index (κ2) is 6.56. The molecule has 0 amide bonds. The first-order chi connectivity index (χ1) is 13.6. The van der Waals surface area contributed by atoms with E-state index in [4.69, 9.17) is 4.42 Å². The van der Waals surface area contributed by atoms with Gasteiger partial charge in [0.1, 0.15) is 11.3 Å². The maximum absolute atomic E-state index is 12.8. The number of rotatable bonds is 2. The summed E-state index contributed by atoms with van der Waals surface area (Å²) in [5.41, 5.74) is 4.80. The molecular weight excluding hydrogens is 352 g/mol. The van der Waals surface area contributed by atoms with Gasteiger partial charge in [-0.05, 0) is 69.5 Å². The molecule has 4 aromatic rings. The molecule has 5 rings (SSSR count). The van der Waals surface area contributed by atoms with Crippen LogP contribution in [0, 0.1) is 13.8 Å². The van der Waals surface area contributed by atoms with Crippen LogP contribution >= 0.6 is 0 Å². The van der Waals surface area contributed by atoms with Crippen molar-refractivity contribution in [3.8, 4) is 11.5 Å². The SMILES string of the molecule is Cc1cc2cc(-c3cc(=O)n4cc(C5CCNCC5)ccc4n3)oc2c(C)n1. The Morgan fingerprint density at radius 2 is 1.93 bits per heavy atom. The largest absolute Gasteiger partial charge is 0.453 e. The van der Waals surface area contributed by atoms with Crippen LogP contribution in [0.25, 0.3) is 28.1 Å². The average molecular weight is 374 g/mol. The molecule has 0 spiro atoms. The highest BCUT2D eigenvalue weighted by Crippen LogP contribution is 2.29. The quantitative estimate of drug-likeness (QED) is 0.581. The zero-order valence-corrected chi connectivity index (χ0v) is 16.0. The van der Waals surface area contributed by atoms with E-state index in [1.807, 2.05) is 38.2 Å². The molecule has 1 aliphatic rings. The zero-order valence-electron chi connectivity index (χ0n) is 16.0. The summed E-state index contributed by atoms with van der Waals surface area (Å²) in [4.78, 5) is 21.9. The molecule has 1 N–H and O–H groups in total. The Labute approximate surface area is 162 Å². The minimum Gasteiger partial charge on any atom is -0.453 e. The molecule has 0 radical (unpaired) electrons. The number of nitrogens with zero attached hydrogens (tertiary/aromatic N) is 3. The standard InChI is InChI=1S/C22H22N4O2/c1-13-9-17-10-19(28-22(17)14(2)24-13)18-11-21(27)26-12-16(3-4-20(26)25-18)15-5-7-23-8-6-15/h3-4,9-12,15,23H,5-8H2,1-2H3. The lowest BCUT2D eigenvalue weighted by molar-refractivity contribution is 0.459. The van der Waals surface area contributed by atoms with Gasteiger partial charge in [0, 0.05) is 23.3 Å². The van der Waals surface area contributed by atoms with Gasteiger partial charge < -0.3 is 9.73 Å². The van der Waals surface area contributed by atoms with E-state index < -0.39 is 0 Å². The summed E-state index contributed by atoms with van der Waals surface area (Å²) in [6.45, 7) is 5.93. The summed E-state index contributed by atoms with van der Waals surface area (Å²) in [6.07, 6.45) is 4.13. The molecule has 0 bridgehead atoms. The molecule has 5 heterocycles. The molecule has 1 saturated heterocycles. The van der Waals surface area contributed by atoms with Gasteiger partial charge in [0.25, 0.3) is 5.56 Å². The van der Waals surface area contributed by atoms with Gasteiger partial charge in [-0.15, -0.1) is 0 Å². The molecule has 1 fully saturated rings. The lowest BCUT2D eigenvalue weighted by Crippen LogP contribution is -2.27. The summed E-state index contributed by atoms with van der Waals surface area (Å²) in [5, 5.41) is 4.36. The van der Waals surface area contributed by atoms with Crippen LogP contribution in [-0.4, -0.2) is 27.5 Å². The third-order valence-electron chi connectivity index (χ3n) is 5.54. The number of furan rings is 1. The number of aromatic nitrogens is 3. The molecule has 0 aliphatic carbocycles. The second-order valence-corrected chi connectivity index (χ2v) is 7.57. The van der Waals surface area contributed by atoms with Crippen molar-refractivity contribution in [1.29, 1.82) is 0 Å². The minimum absolute atomic E-state index is 0.0951. The van der Waals surface area contributed by atoms with Gasteiger partial charge in [0.2, 0.25) is 0 Å². The number of fused-ring (bicyclic) bond motifs is 2. The van der Waals surface area contributed by atoms with Crippen LogP contribution in [-0.2, 0) is 0 Å². The van der Waals surface area contributed by atoms with Crippen molar-refractivity contribution in [2.24, 2.45) is 0 Å². The normalized spacial score (nSPS) is 15.5. The predicted octanol–water partition coefficient (Wildman–Crippen LogP) is 3.59. The number of aryl methyl sites for hydroxylation is 2. The van der Waals surface area contributed by atoms with Crippen molar-refractivity contribution >= 4 is 16.6 Å². The monoisotopic (exact) mass is 374 g/mol. The van der Waals surface area contributed by atoms with Gasteiger partial charge in [-0.2, -0.15) is 0 Å². The molecule has 6 heteroatoms. The molecule has 4 aromatic heterocycles. The fraction of sp³-hybridized carbons (Fsp3) is 0.318. The van der Waals surface area contributed by atoms with E-state index in [0.29, 0.717) is 23.0 Å². The molecule has 0 saturated carbocycles. The first-order valence-electron chi connectivity index (χ1n) is 9.71. The maximum atomic E-state index is 12.8. The Morgan fingerprint density at radius 3 is 2.75 bits per heavy atom. The van der Waals surface area contributed by atoms with Crippen molar-refractivity contribution in [1.82, 2.24) is 19.7 Å². The molecule has 1 aliphatic heterocycles. The first kappa shape index (κ1) is 17.1. The van der Waals surface area contributed by atoms with E-state index in [9.17, 15) is 4.79 Å². The molecule has 0 unspecified atom stereocenters. The van der Waals surface area contributed by atoms with Crippen LogP contribution in [0.1, 0.15) is 35.7 Å². The summed E-state index contributed by atoms with van der Waals surface area (Å²) < 4.78 is 7.62. The third-order valence-corrected chi connectivity index (χ3v) is 5.54. The Hall–Kier alpha value is -2.99. The highest BCUT2D eigenvalue weighted by Gasteiger charge is 2.17. The van der Waals surface area contributed by atoms with Crippen LogP contribution in [0.15, 0.2) is 45.7 Å². The fourth-order valence-electron chi connectivity index (χ4n) is 4.14. The molecule has 0 atom stereocenters. The summed E-state index contributed by atoms with van der Waals surface area (Å²) in [7, 11) is 0. The van der Waals surface area contributed by atoms with Crippen LogP contribution in [0.2, 0.25) is 0 Å². The van der Waals surface area contributed by atoms with E-state index in [2.05, 4.69) is 21.4 Å². The van der Waals surface area contributed by atoms with Gasteiger partial charge in [-0.1, -0.05) is 6.07 Å². The number of pyridine rings is 2. The van der Waals surface area contributed by atoms with Crippen LogP contribution in [0.5, 0.6) is 0 Å². The Bertz CT molecular complexity index is 1250. The smallest absolute Gasteiger partial charge is 0.258 e. The van der Waals surface area contributed by atoms with E-state index in [1.165, 1.54) is 5.56 Å². The highest BCUT2D eigenvalue weighted by atomic mass is 16.3. The number of hydrogen-bond donors (Lipinski definition) is 1. The Morgan fingerprint density at radius 1 is 1.11 bits per heavy atom. The van der Waals surface area contributed by atoms with Gasteiger partial charge in [-0.3, -0.25) is 14.2 Å². The van der Waals surface area contributed by atoms with Crippen molar-refractivity contribution < 1.29 is 4.42 Å². The number of nitrogens with one attached hydrogen (secondary N) is 1. The van der Waals surface area contributed by atoms with Crippen molar-refractivity contribution in [2.75, 3.05) is 13.1 Å². The zero-order chi connectivity index (χ0) is 19.3. The molecule has 142 valence electrons. The predicted molar refractivity (Wildman–Crippen MR) is 109 cm³/mol. The van der Waals surface area contributed by atoms with E-state index in [0.717, 1.165) is 48.3 Å². The highest BCUT2D eigenvalue weighted by molar-refractivity contribution is 5.84. The summed E-state index contributed by atoms with van der Waals surface area (Å²) >= 11 is 0. The van der Waals surface area contributed by atoms with Crippen LogP contribution < -0.4 is 10.9 Å². The Kier molecular flexibility index (Phi) is 4.02. The van der Waals surface area contributed by atoms with Crippen LogP contribution in [0.4, 0.5) is 0 Å². The number of hydrogen-bond acceptors (Lipinski definition) is 5. The fourth-order valence-corrected chi connectivity index (χ4v) is 4.14. The average Bonchev–Trinajstić information content (AvgIpc) is 3.13. The second-order valence-electron chi connectivity index (χ2n) is 7.57. The summed E-state index contributed by atoms with van der Waals surface area (Å²) in [6, 6.07) is 9.49. The lowest BCUT2D eigenvalue weighted by atomic mass is 9.91. The van der Waals surface area contributed by atoms with Crippen molar-refractivity contribution in [3.63, 3.8) is 0 Å². The van der Waals surface area contributed by atoms with E-state index in [1.54, 1.807) is 10.5 Å². The molecule has 28 heavy (non-hydrogen) atoms.